The van der Waals surface area contributed by atoms with Gasteiger partial charge in [-0.25, -0.2) is 4.98 Å². The second-order valence-corrected chi connectivity index (χ2v) is 7.18. The molecule has 0 saturated carbocycles. The molecule has 6 nitrogen and oxygen atoms in total. The summed E-state index contributed by atoms with van der Waals surface area (Å²) in [5.74, 6) is 0.563. The fourth-order valence-corrected chi connectivity index (χ4v) is 2.51. The highest BCUT2D eigenvalue weighted by atomic mass is 16.2. The van der Waals surface area contributed by atoms with Crippen LogP contribution in [0.5, 0.6) is 0 Å². The Morgan fingerprint density at radius 3 is 2.00 bits per heavy atom. The van der Waals surface area contributed by atoms with Crippen LogP contribution >= 0.6 is 0 Å². The molecule has 2 amide bonds. The van der Waals surface area contributed by atoms with Crippen LogP contribution in [-0.4, -0.2) is 21.8 Å². The van der Waals surface area contributed by atoms with Gasteiger partial charge in [0.1, 0.15) is 5.82 Å². The molecule has 0 aliphatic carbocycles. The number of hydrogen-bond donors (Lipinski definition) is 3. The minimum absolute atomic E-state index is 0.0116. The Labute approximate surface area is 158 Å². The van der Waals surface area contributed by atoms with E-state index in [1.807, 2.05) is 70.2 Å². The van der Waals surface area contributed by atoms with E-state index in [0.717, 1.165) is 33.8 Å². The zero-order chi connectivity index (χ0) is 19.6. The van der Waals surface area contributed by atoms with Crippen LogP contribution < -0.4 is 10.6 Å². The fourth-order valence-electron chi connectivity index (χ4n) is 2.51. The summed E-state index contributed by atoms with van der Waals surface area (Å²) in [6, 6.07) is 13.1. The first kappa shape index (κ1) is 18.6. The Morgan fingerprint density at radius 1 is 0.852 bits per heavy atom. The third kappa shape index (κ3) is 4.34. The highest BCUT2D eigenvalue weighted by Gasteiger charge is 2.11. The maximum absolute atomic E-state index is 11.9. The number of rotatable bonds is 5. The van der Waals surface area contributed by atoms with Crippen molar-refractivity contribution in [1.29, 1.82) is 0 Å². The molecule has 3 rings (SSSR count). The molecule has 0 atom stereocenters. The van der Waals surface area contributed by atoms with Crippen LogP contribution in [0.1, 0.15) is 27.7 Å². The van der Waals surface area contributed by atoms with Crippen LogP contribution in [0.4, 0.5) is 11.4 Å². The van der Waals surface area contributed by atoms with E-state index in [1.54, 1.807) is 0 Å². The second-order valence-electron chi connectivity index (χ2n) is 7.18. The number of H-pyrrole nitrogens is 1. The van der Waals surface area contributed by atoms with E-state index in [4.69, 9.17) is 0 Å². The Kier molecular flexibility index (Phi) is 5.26. The van der Waals surface area contributed by atoms with Crippen LogP contribution in [0.2, 0.25) is 0 Å². The molecule has 0 aliphatic heterocycles. The van der Waals surface area contributed by atoms with E-state index in [0.29, 0.717) is 0 Å². The van der Waals surface area contributed by atoms with Gasteiger partial charge in [0.2, 0.25) is 11.8 Å². The normalized spacial score (nSPS) is 11.2. The molecule has 27 heavy (non-hydrogen) atoms. The Morgan fingerprint density at radius 2 is 1.41 bits per heavy atom. The predicted octanol–water partition coefficient (Wildman–Crippen LogP) is 4.42. The molecule has 0 bridgehead atoms. The molecule has 1 aromatic heterocycles. The van der Waals surface area contributed by atoms with Crippen LogP contribution in [0, 0.1) is 11.8 Å². The number of carbonyl (C=O) groups excluding carboxylic acids is 2. The molecule has 0 spiro atoms. The van der Waals surface area contributed by atoms with Gasteiger partial charge in [-0.05, 0) is 42.5 Å². The topological polar surface area (TPSA) is 86.9 Å². The first-order chi connectivity index (χ1) is 12.8. The Balaban J connectivity index is 1.80. The maximum atomic E-state index is 11.9. The van der Waals surface area contributed by atoms with Gasteiger partial charge >= 0.3 is 0 Å². The van der Waals surface area contributed by atoms with Crippen molar-refractivity contribution in [3.05, 3.63) is 42.5 Å². The molecule has 0 unspecified atom stereocenters. The summed E-state index contributed by atoms with van der Waals surface area (Å²) in [4.78, 5) is 31.5. The zero-order valence-electron chi connectivity index (χ0n) is 16.0. The number of anilines is 2. The van der Waals surface area contributed by atoms with Crippen LogP contribution in [-0.2, 0) is 9.59 Å². The van der Waals surface area contributed by atoms with Crippen molar-refractivity contribution in [1.82, 2.24) is 9.97 Å². The van der Waals surface area contributed by atoms with Crippen molar-refractivity contribution in [2.45, 2.75) is 27.7 Å². The van der Waals surface area contributed by atoms with Crippen molar-refractivity contribution in [3.8, 4) is 11.4 Å². The number of aromatic nitrogens is 2. The van der Waals surface area contributed by atoms with Crippen molar-refractivity contribution < 1.29 is 9.59 Å². The number of fused-ring (bicyclic) bond motifs is 1. The molecule has 2 aromatic carbocycles. The Bertz CT molecular complexity index is 972. The first-order valence-corrected chi connectivity index (χ1v) is 9.05. The minimum Gasteiger partial charge on any atom is -0.338 e. The molecule has 1 heterocycles. The number of hydrogen-bond acceptors (Lipinski definition) is 3. The van der Waals surface area contributed by atoms with Gasteiger partial charge in [0.15, 0.2) is 0 Å². The average molecular weight is 364 g/mol. The van der Waals surface area contributed by atoms with E-state index >= 15 is 0 Å². The number of aromatic amines is 1. The molecule has 3 aromatic rings. The van der Waals surface area contributed by atoms with Gasteiger partial charge in [-0.1, -0.05) is 27.7 Å². The average Bonchev–Trinajstić information content (AvgIpc) is 3.05. The van der Waals surface area contributed by atoms with Crippen molar-refractivity contribution in [2.24, 2.45) is 11.8 Å². The summed E-state index contributed by atoms with van der Waals surface area (Å²) in [5.41, 5.74) is 4.09. The minimum atomic E-state index is -0.0762. The fraction of sp³-hybridized carbons (Fsp3) is 0.286. The maximum Gasteiger partial charge on any atom is 0.226 e. The van der Waals surface area contributed by atoms with Crippen molar-refractivity contribution >= 4 is 34.2 Å². The standard InChI is InChI=1S/C21H24N4O2/c1-12(2)20(26)22-15-7-5-14(6-8-15)19-24-17-10-9-16(11-18(17)25-19)23-21(27)13(3)4/h5-13H,1-4H3,(H,22,26)(H,23,27)(H,24,25). The first-order valence-electron chi connectivity index (χ1n) is 9.05. The Hall–Kier alpha value is -3.15. The van der Waals surface area contributed by atoms with Crippen LogP contribution in [0.3, 0.4) is 0 Å². The largest absolute Gasteiger partial charge is 0.338 e. The molecule has 0 fully saturated rings. The van der Waals surface area contributed by atoms with Crippen LogP contribution in [0.25, 0.3) is 22.4 Å². The van der Waals surface area contributed by atoms with Gasteiger partial charge in [0.05, 0.1) is 11.0 Å². The molecule has 0 radical (unpaired) electrons. The molecular formula is C21H24N4O2. The molecule has 6 heteroatoms. The van der Waals surface area contributed by atoms with Gasteiger partial charge in [-0.15, -0.1) is 0 Å². The predicted molar refractivity (Wildman–Crippen MR) is 108 cm³/mol. The lowest BCUT2D eigenvalue weighted by Crippen LogP contribution is -2.17. The number of amides is 2. The third-order valence-corrected chi connectivity index (χ3v) is 4.22. The summed E-state index contributed by atoms with van der Waals surface area (Å²) >= 11 is 0. The van der Waals surface area contributed by atoms with E-state index in [-0.39, 0.29) is 23.7 Å². The number of nitrogens with zero attached hydrogens (tertiary/aromatic N) is 1. The summed E-state index contributed by atoms with van der Waals surface area (Å²) in [7, 11) is 0. The number of nitrogens with one attached hydrogen (secondary N) is 3. The number of imidazole rings is 1. The van der Waals surface area contributed by atoms with Gasteiger partial charge < -0.3 is 15.6 Å². The van der Waals surface area contributed by atoms with E-state index < -0.39 is 0 Å². The van der Waals surface area contributed by atoms with E-state index in [1.165, 1.54) is 0 Å². The summed E-state index contributed by atoms with van der Waals surface area (Å²) in [6.07, 6.45) is 0. The zero-order valence-corrected chi connectivity index (χ0v) is 16.0. The highest BCUT2D eigenvalue weighted by Crippen LogP contribution is 2.24. The van der Waals surface area contributed by atoms with Gasteiger partial charge in [0.25, 0.3) is 0 Å². The number of benzene rings is 2. The second kappa shape index (κ2) is 7.61. The van der Waals surface area contributed by atoms with Crippen molar-refractivity contribution in [2.75, 3.05) is 10.6 Å². The van der Waals surface area contributed by atoms with Gasteiger partial charge in [0, 0.05) is 28.8 Å². The molecule has 3 N–H and O–H groups in total. The van der Waals surface area contributed by atoms with E-state index in [9.17, 15) is 9.59 Å². The highest BCUT2D eigenvalue weighted by molar-refractivity contribution is 5.94. The number of carbonyl (C=O) groups is 2. The molecule has 0 saturated heterocycles. The monoisotopic (exact) mass is 364 g/mol. The van der Waals surface area contributed by atoms with E-state index in [2.05, 4.69) is 20.6 Å². The van der Waals surface area contributed by atoms with Crippen LogP contribution in [0.15, 0.2) is 42.5 Å². The summed E-state index contributed by atoms with van der Waals surface area (Å²) in [5, 5.41) is 5.76. The lowest BCUT2D eigenvalue weighted by Gasteiger charge is -2.07. The summed E-state index contributed by atoms with van der Waals surface area (Å²) in [6.45, 7) is 7.43. The van der Waals surface area contributed by atoms with Gasteiger partial charge in [-0.2, -0.15) is 0 Å². The molecular weight excluding hydrogens is 340 g/mol. The SMILES string of the molecule is CC(C)C(=O)Nc1ccc(-c2nc3ccc(NC(=O)C(C)C)cc3[nH]2)cc1. The molecule has 0 aliphatic rings. The third-order valence-electron chi connectivity index (χ3n) is 4.22. The molecule has 140 valence electrons. The smallest absolute Gasteiger partial charge is 0.226 e. The van der Waals surface area contributed by atoms with Crippen molar-refractivity contribution in [3.63, 3.8) is 0 Å². The quantitative estimate of drug-likeness (QED) is 0.626. The lowest BCUT2D eigenvalue weighted by atomic mass is 10.1. The lowest BCUT2D eigenvalue weighted by molar-refractivity contribution is -0.119. The van der Waals surface area contributed by atoms with Gasteiger partial charge in [-0.3, -0.25) is 9.59 Å². The summed E-state index contributed by atoms with van der Waals surface area (Å²) < 4.78 is 0.